The van der Waals surface area contributed by atoms with Crippen LogP contribution in [0.2, 0.25) is 0 Å². The van der Waals surface area contributed by atoms with E-state index in [4.69, 9.17) is 0 Å². The first-order chi connectivity index (χ1) is 5.61. The van der Waals surface area contributed by atoms with E-state index in [1.165, 1.54) is 0 Å². The zero-order valence-electron chi connectivity index (χ0n) is 7.93. The van der Waals surface area contributed by atoms with Crippen LogP contribution < -0.4 is 0 Å². The monoisotopic (exact) mass is 160 g/mol. The fraction of sp³-hybridized carbons (Fsp3) is 0.167. The van der Waals surface area contributed by atoms with Gasteiger partial charge >= 0.3 is 0 Å². The predicted octanol–water partition coefficient (Wildman–Crippen LogP) is 3.81. The van der Waals surface area contributed by atoms with Crippen molar-refractivity contribution < 1.29 is 0 Å². The van der Waals surface area contributed by atoms with Crippen LogP contribution in [0.3, 0.4) is 0 Å². The highest BCUT2D eigenvalue weighted by Gasteiger charge is 1.90. The van der Waals surface area contributed by atoms with Crippen molar-refractivity contribution in [3.63, 3.8) is 0 Å². The summed E-state index contributed by atoms with van der Waals surface area (Å²) in [6, 6.07) is 0. The summed E-state index contributed by atoms with van der Waals surface area (Å²) < 4.78 is 0. The highest BCUT2D eigenvalue weighted by atomic mass is 14.0. The summed E-state index contributed by atoms with van der Waals surface area (Å²) in [7, 11) is 0. The van der Waals surface area contributed by atoms with Gasteiger partial charge in [0.15, 0.2) is 0 Å². The molecular weight excluding hydrogens is 144 g/mol. The molecule has 0 aromatic rings. The molecule has 0 atom stereocenters. The van der Waals surface area contributed by atoms with E-state index in [0.717, 1.165) is 16.7 Å². The van der Waals surface area contributed by atoms with E-state index in [1.807, 2.05) is 32.1 Å². The second-order valence-electron chi connectivity index (χ2n) is 2.65. The molecule has 0 spiro atoms. The molecule has 0 aliphatic carbocycles. The molecule has 64 valence electrons. The molecule has 0 fully saturated rings. The van der Waals surface area contributed by atoms with Gasteiger partial charge in [-0.3, -0.25) is 0 Å². The second-order valence-corrected chi connectivity index (χ2v) is 2.65. The fourth-order valence-electron chi connectivity index (χ4n) is 0.739. The van der Waals surface area contributed by atoms with Crippen LogP contribution in [0.15, 0.2) is 60.8 Å². The van der Waals surface area contributed by atoms with Crippen molar-refractivity contribution >= 4 is 0 Å². The summed E-state index contributed by atoms with van der Waals surface area (Å²) in [5.74, 6) is 0. The Balaban J connectivity index is 4.50. The zero-order valence-corrected chi connectivity index (χ0v) is 7.93. The third-order valence-corrected chi connectivity index (χ3v) is 1.48. The first-order valence-electron chi connectivity index (χ1n) is 3.93. The molecule has 0 saturated heterocycles. The molecule has 0 bridgehead atoms. The number of rotatable bonds is 4. The summed E-state index contributed by atoms with van der Waals surface area (Å²) in [6.45, 7) is 15.2. The molecular formula is C12H16. The fourth-order valence-corrected chi connectivity index (χ4v) is 0.739. The maximum Gasteiger partial charge on any atom is -0.0233 e. The van der Waals surface area contributed by atoms with E-state index in [1.54, 1.807) is 6.08 Å². The maximum atomic E-state index is 3.86. The van der Waals surface area contributed by atoms with E-state index >= 15 is 0 Å². The first-order valence-corrected chi connectivity index (χ1v) is 3.93. The molecule has 0 amide bonds. The Hall–Kier alpha value is -1.30. The van der Waals surface area contributed by atoms with Gasteiger partial charge in [-0.2, -0.15) is 0 Å². The molecule has 0 aromatic carbocycles. The van der Waals surface area contributed by atoms with Gasteiger partial charge in [0, 0.05) is 0 Å². The average molecular weight is 160 g/mol. The minimum Gasteiger partial charge on any atom is -0.0985 e. The lowest BCUT2D eigenvalue weighted by Crippen LogP contribution is -1.79. The van der Waals surface area contributed by atoms with Crippen LogP contribution in [0, 0.1) is 0 Å². The topological polar surface area (TPSA) is 0 Å². The van der Waals surface area contributed by atoms with Gasteiger partial charge in [0.05, 0.1) is 0 Å². The molecule has 0 saturated carbocycles. The molecule has 0 aromatic heterocycles. The Morgan fingerprint density at radius 3 is 2.08 bits per heavy atom. The second kappa shape index (κ2) is 5.36. The molecule has 0 rings (SSSR count). The molecule has 0 unspecified atom stereocenters. The zero-order chi connectivity index (χ0) is 9.56. The predicted molar refractivity (Wildman–Crippen MR) is 57.0 cm³/mol. The molecule has 0 radical (unpaired) electrons. The van der Waals surface area contributed by atoms with E-state index in [0.29, 0.717) is 0 Å². The quantitative estimate of drug-likeness (QED) is 0.549. The van der Waals surface area contributed by atoms with Gasteiger partial charge in [0.1, 0.15) is 0 Å². The summed E-state index contributed by atoms with van der Waals surface area (Å²) >= 11 is 0. The molecule has 0 nitrogen and oxygen atoms in total. The van der Waals surface area contributed by atoms with E-state index in [-0.39, 0.29) is 0 Å². The lowest BCUT2D eigenvalue weighted by Gasteiger charge is -1.98. The van der Waals surface area contributed by atoms with Crippen molar-refractivity contribution in [1.29, 1.82) is 0 Å². The molecule has 0 heterocycles. The summed E-state index contributed by atoms with van der Waals surface area (Å²) in [5.41, 5.74) is 3.06. The smallest absolute Gasteiger partial charge is 0.0233 e. The third kappa shape index (κ3) is 3.77. The van der Waals surface area contributed by atoms with Crippen molar-refractivity contribution in [2.24, 2.45) is 0 Å². The molecule has 0 heteroatoms. The Morgan fingerprint density at radius 2 is 1.75 bits per heavy atom. The minimum absolute atomic E-state index is 0.940. The summed E-state index contributed by atoms with van der Waals surface area (Å²) in [4.78, 5) is 0. The van der Waals surface area contributed by atoms with Gasteiger partial charge in [-0.05, 0) is 25.0 Å². The normalized spacial score (nSPS) is 11.7. The lowest BCUT2D eigenvalue weighted by atomic mass is 10.1. The standard InChI is InChI=1S/C12H16/c1-6-11(5)12(7-2)9-8-10(3)4/h6-9H,1,3,5H2,2,4H3/b9-8-,12-7+. The Kier molecular flexibility index (Phi) is 4.78. The number of allylic oxidation sites excluding steroid dienone is 7. The lowest BCUT2D eigenvalue weighted by molar-refractivity contribution is 1.49. The summed E-state index contributed by atoms with van der Waals surface area (Å²) in [5, 5.41) is 0. The van der Waals surface area contributed by atoms with Crippen molar-refractivity contribution in [3.8, 4) is 0 Å². The van der Waals surface area contributed by atoms with Gasteiger partial charge in [0.25, 0.3) is 0 Å². The molecule has 0 aliphatic rings. The average Bonchev–Trinajstić information content (AvgIpc) is 2.04. The van der Waals surface area contributed by atoms with Crippen molar-refractivity contribution in [3.05, 3.63) is 60.8 Å². The van der Waals surface area contributed by atoms with Crippen LogP contribution in [0.25, 0.3) is 0 Å². The third-order valence-electron chi connectivity index (χ3n) is 1.48. The van der Waals surface area contributed by atoms with Crippen molar-refractivity contribution in [2.75, 3.05) is 0 Å². The summed E-state index contributed by atoms with van der Waals surface area (Å²) in [6.07, 6.45) is 7.71. The minimum atomic E-state index is 0.940. The van der Waals surface area contributed by atoms with Gasteiger partial charge in [0.2, 0.25) is 0 Å². The van der Waals surface area contributed by atoms with Crippen LogP contribution in [-0.2, 0) is 0 Å². The van der Waals surface area contributed by atoms with Crippen LogP contribution in [0.1, 0.15) is 13.8 Å². The Labute approximate surface area is 75.3 Å². The van der Waals surface area contributed by atoms with E-state index in [9.17, 15) is 0 Å². The van der Waals surface area contributed by atoms with Crippen LogP contribution in [-0.4, -0.2) is 0 Å². The molecule has 0 aliphatic heterocycles. The Morgan fingerprint density at radius 1 is 1.17 bits per heavy atom. The van der Waals surface area contributed by atoms with E-state index < -0.39 is 0 Å². The van der Waals surface area contributed by atoms with Gasteiger partial charge in [-0.1, -0.05) is 49.6 Å². The van der Waals surface area contributed by atoms with Crippen LogP contribution in [0.5, 0.6) is 0 Å². The largest absolute Gasteiger partial charge is 0.0985 e. The van der Waals surface area contributed by atoms with E-state index in [2.05, 4.69) is 19.7 Å². The van der Waals surface area contributed by atoms with Gasteiger partial charge in [-0.15, -0.1) is 0 Å². The first kappa shape index (κ1) is 10.7. The maximum absolute atomic E-state index is 3.86. The van der Waals surface area contributed by atoms with Gasteiger partial charge in [-0.25, -0.2) is 0 Å². The Bertz CT molecular complexity index is 249. The van der Waals surface area contributed by atoms with Crippen LogP contribution in [0.4, 0.5) is 0 Å². The van der Waals surface area contributed by atoms with Crippen LogP contribution >= 0.6 is 0 Å². The van der Waals surface area contributed by atoms with Crippen molar-refractivity contribution in [1.82, 2.24) is 0 Å². The number of hydrogen-bond acceptors (Lipinski definition) is 0. The van der Waals surface area contributed by atoms with Crippen molar-refractivity contribution in [2.45, 2.75) is 13.8 Å². The highest BCUT2D eigenvalue weighted by molar-refractivity contribution is 5.44. The SMILES string of the molecule is C=CC(=C)C(/C=C\C(=C)C)=C/C. The number of hydrogen-bond donors (Lipinski definition) is 0. The van der Waals surface area contributed by atoms with Gasteiger partial charge < -0.3 is 0 Å². The molecule has 0 N–H and O–H groups in total. The highest BCUT2D eigenvalue weighted by Crippen LogP contribution is 2.10. The molecule has 12 heavy (non-hydrogen) atoms.